The average Bonchev–Trinajstić information content (AvgIpc) is 2.88. The molecule has 1 amide bonds. The van der Waals surface area contributed by atoms with Crippen molar-refractivity contribution in [3.05, 3.63) is 28.8 Å². The molecular formula is C15H19ClN2O3. The lowest BCUT2D eigenvalue weighted by Crippen LogP contribution is -2.42. The second-order valence-corrected chi connectivity index (χ2v) is 6.10. The lowest BCUT2D eigenvalue weighted by atomic mass is 9.75. The van der Waals surface area contributed by atoms with E-state index in [-0.39, 0.29) is 22.4 Å². The molecule has 1 unspecified atom stereocenters. The number of carbonyl (C=O) groups excluding carboxylic acids is 1. The van der Waals surface area contributed by atoms with Crippen LogP contribution in [0.1, 0.15) is 30.6 Å². The molecule has 114 valence electrons. The van der Waals surface area contributed by atoms with Crippen molar-refractivity contribution in [1.29, 1.82) is 0 Å². The number of amides is 1. The van der Waals surface area contributed by atoms with E-state index in [0.29, 0.717) is 12.2 Å². The number of carboxylic acids is 1. The number of benzene rings is 1. The third kappa shape index (κ3) is 3.04. The Hall–Kier alpha value is -1.59. The van der Waals surface area contributed by atoms with Gasteiger partial charge in [-0.3, -0.25) is 4.79 Å². The van der Waals surface area contributed by atoms with Crippen molar-refractivity contribution in [2.24, 2.45) is 11.3 Å². The smallest absolute Gasteiger partial charge is 0.337 e. The normalized spacial score (nSPS) is 21.5. The molecule has 1 heterocycles. The van der Waals surface area contributed by atoms with Gasteiger partial charge in [0.05, 0.1) is 16.0 Å². The van der Waals surface area contributed by atoms with Gasteiger partial charge in [-0.05, 0) is 37.1 Å². The maximum Gasteiger partial charge on any atom is 0.337 e. The Morgan fingerprint density at radius 1 is 1.43 bits per heavy atom. The Morgan fingerprint density at radius 2 is 2.14 bits per heavy atom. The van der Waals surface area contributed by atoms with Crippen molar-refractivity contribution in [3.63, 3.8) is 0 Å². The fraction of sp³-hybridized carbons (Fsp3) is 0.467. The largest absolute Gasteiger partial charge is 0.478 e. The van der Waals surface area contributed by atoms with Crippen molar-refractivity contribution in [3.8, 4) is 0 Å². The fourth-order valence-corrected chi connectivity index (χ4v) is 2.94. The number of carboxylic acid groups (broad SMARTS) is 1. The number of nitrogens with one attached hydrogen (secondary N) is 2. The first-order chi connectivity index (χ1) is 9.86. The number of hydrogen-bond donors (Lipinski definition) is 3. The summed E-state index contributed by atoms with van der Waals surface area (Å²) in [6, 6.07) is 4.43. The van der Waals surface area contributed by atoms with Gasteiger partial charge in [0.25, 0.3) is 0 Å². The van der Waals surface area contributed by atoms with Gasteiger partial charge in [0, 0.05) is 12.2 Å². The van der Waals surface area contributed by atoms with Gasteiger partial charge in [-0.2, -0.15) is 0 Å². The fourth-order valence-electron chi connectivity index (χ4n) is 2.68. The zero-order valence-corrected chi connectivity index (χ0v) is 12.8. The van der Waals surface area contributed by atoms with Crippen LogP contribution in [0.3, 0.4) is 0 Å². The lowest BCUT2D eigenvalue weighted by Gasteiger charge is -2.31. The number of aromatic carboxylic acids is 1. The van der Waals surface area contributed by atoms with Crippen LogP contribution in [0, 0.1) is 11.3 Å². The zero-order chi connectivity index (χ0) is 15.6. The molecule has 2 rings (SSSR count). The monoisotopic (exact) mass is 310 g/mol. The minimum Gasteiger partial charge on any atom is -0.478 e. The molecule has 1 aliphatic rings. The standard InChI is InChI=1S/C15H19ClN2O3/c1-9(2)15(5-6-17-8-15)14(21)18-10-3-4-11(13(19)20)12(16)7-10/h3-4,7,9,17H,5-6,8H2,1-2H3,(H,18,21)(H,19,20). The van der Waals surface area contributed by atoms with Crippen molar-refractivity contribution in [1.82, 2.24) is 5.32 Å². The van der Waals surface area contributed by atoms with Gasteiger partial charge in [0.2, 0.25) is 5.91 Å². The summed E-state index contributed by atoms with van der Waals surface area (Å²) < 4.78 is 0. The topological polar surface area (TPSA) is 78.4 Å². The van der Waals surface area contributed by atoms with Crippen LogP contribution in [0.2, 0.25) is 5.02 Å². The molecule has 6 heteroatoms. The van der Waals surface area contributed by atoms with E-state index in [1.165, 1.54) is 12.1 Å². The zero-order valence-electron chi connectivity index (χ0n) is 12.1. The van der Waals surface area contributed by atoms with Crippen LogP contribution < -0.4 is 10.6 Å². The summed E-state index contributed by atoms with van der Waals surface area (Å²) in [5, 5.41) is 15.1. The van der Waals surface area contributed by atoms with Gasteiger partial charge in [-0.25, -0.2) is 4.79 Å². The van der Waals surface area contributed by atoms with Crippen molar-refractivity contribution >= 4 is 29.2 Å². The second-order valence-electron chi connectivity index (χ2n) is 5.69. The number of carbonyl (C=O) groups is 2. The molecule has 1 aromatic carbocycles. The second kappa shape index (κ2) is 6.03. The molecule has 0 bridgehead atoms. The van der Waals surface area contributed by atoms with Gasteiger partial charge >= 0.3 is 5.97 Å². The molecule has 3 N–H and O–H groups in total. The van der Waals surface area contributed by atoms with E-state index in [0.717, 1.165) is 13.0 Å². The number of hydrogen-bond acceptors (Lipinski definition) is 3. The van der Waals surface area contributed by atoms with Crippen LogP contribution in [0.5, 0.6) is 0 Å². The minimum absolute atomic E-state index is 0.0239. The number of anilines is 1. The van der Waals surface area contributed by atoms with Crippen LogP contribution in [-0.2, 0) is 4.79 Å². The Kier molecular flexibility index (Phi) is 4.54. The molecular weight excluding hydrogens is 292 g/mol. The van der Waals surface area contributed by atoms with E-state index in [9.17, 15) is 9.59 Å². The summed E-state index contributed by atoms with van der Waals surface area (Å²) in [7, 11) is 0. The van der Waals surface area contributed by atoms with Gasteiger partial charge < -0.3 is 15.7 Å². The third-order valence-electron chi connectivity index (χ3n) is 4.20. The highest BCUT2D eigenvalue weighted by Crippen LogP contribution is 2.35. The first-order valence-corrected chi connectivity index (χ1v) is 7.29. The van der Waals surface area contributed by atoms with Crippen molar-refractivity contribution < 1.29 is 14.7 Å². The van der Waals surface area contributed by atoms with Crippen LogP contribution in [0.15, 0.2) is 18.2 Å². The van der Waals surface area contributed by atoms with Crippen molar-refractivity contribution in [2.45, 2.75) is 20.3 Å². The van der Waals surface area contributed by atoms with Crippen LogP contribution in [0.25, 0.3) is 0 Å². The molecule has 0 spiro atoms. The molecule has 1 saturated heterocycles. The highest BCUT2D eigenvalue weighted by atomic mass is 35.5. The summed E-state index contributed by atoms with van der Waals surface area (Å²) in [5.41, 5.74) is 0.107. The number of rotatable bonds is 4. The number of halogens is 1. The molecule has 1 atom stereocenters. The molecule has 1 aliphatic heterocycles. The highest BCUT2D eigenvalue weighted by molar-refractivity contribution is 6.33. The van der Waals surface area contributed by atoms with Crippen LogP contribution >= 0.6 is 11.6 Å². The van der Waals surface area contributed by atoms with Gasteiger partial charge in [0.15, 0.2) is 0 Å². The average molecular weight is 311 g/mol. The Labute approximate surface area is 128 Å². The predicted octanol–water partition coefficient (Wildman–Crippen LogP) is 2.61. The summed E-state index contributed by atoms with van der Waals surface area (Å²) >= 11 is 5.92. The highest BCUT2D eigenvalue weighted by Gasteiger charge is 2.43. The van der Waals surface area contributed by atoms with Crippen LogP contribution in [-0.4, -0.2) is 30.1 Å². The summed E-state index contributed by atoms with van der Waals surface area (Å²) in [6.45, 7) is 5.54. The van der Waals surface area contributed by atoms with Crippen molar-refractivity contribution in [2.75, 3.05) is 18.4 Å². The van der Waals surface area contributed by atoms with E-state index < -0.39 is 11.4 Å². The first-order valence-electron chi connectivity index (χ1n) is 6.92. The first kappa shape index (κ1) is 15.8. The predicted molar refractivity (Wildman–Crippen MR) is 81.8 cm³/mol. The molecule has 1 fully saturated rings. The molecule has 1 aromatic rings. The third-order valence-corrected chi connectivity index (χ3v) is 4.52. The Morgan fingerprint density at radius 3 is 2.62 bits per heavy atom. The van der Waals surface area contributed by atoms with E-state index in [4.69, 9.17) is 16.7 Å². The summed E-state index contributed by atoms with van der Waals surface area (Å²) in [6.07, 6.45) is 0.789. The maximum absolute atomic E-state index is 12.6. The minimum atomic E-state index is -1.09. The molecule has 21 heavy (non-hydrogen) atoms. The van der Waals surface area contributed by atoms with E-state index in [1.54, 1.807) is 6.07 Å². The summed E-state index contributed by atoms with van der Waals surface area (Å²) in [5.74, 6) is -0.931. The van der Waals surface area contributed by atoms with Gasteiger partial charge in [0.1, 0.15) is 0 Å². The Balaban J connectivity index is 2.19. The van der Waals surface area contributed by atoms with Gasteiger partial charge in [-0.15, -0.1) is 0 Å². The van der Waals surface area contributed by atoms with E-state index >= 15 is 0 Å². The quantitative estimate of drug-likeness (QED) is 0.799. The SMILES string of the molecule is CC(C)C1(C(=O)Nc2ccc(C(=O)O)c(Cl)c2)CCNC1. The molecule has 5 nitrogen and oxygen atoms in total. The molecule has 0 radical (unpaired) electrons. The van der Waals surface area contributed by atoms with E-state index in [1.807, 2.05) is 13.8 Å². The lowest BCUT2D eigenvalue weighted by molar-refractivity contribution is -0.126. The van der Waals surface area contributed by atoms with Crippen LogP contribution in [0.4, 0.5) is 5.69 Å². The van der Waals surface area contributed by atoms with Gasteiger partial charge in [-0.1, -0.05) is 25.4 Å². The molecule has 0 aliphatic carbocycles. The summed E-state index contributed by atoms with van der Waals surface area (Å²) in [4.78, 5) is 23.5. The molecule has 0 aromatic heterocycles. The molecule has 0 saturated carbocycles. The van der Waals surface area contributed by atoms with E-state index in [2.05, 4.69) is 10.6 Å². The Bertz CT molecular complexity index is 566. The maximum atomic E-state index is 12.6.